The zero-order chi connectivity index (χ0) is 14.6. The number of nitrogens with zero attached hydrogens (tertiary/aromatic N) is 3. The Hall–Kier alpha value is -2.15. The van der Waals surface area contributed by atoms with E-state index in [2.05, 4.69) is 25.9 Å². The van der Waals surface area contributed by atoms with Crippen molar-refractivity contribution in [2.75, 3.05) is 4.90 Å². The van der Waals surface area contributed by atoms with Crippen LogP contribution in [0.4, 0.5) is 10.5 Å². The van der Waals surface area contributed by atoms with Crippen molar-refractivity contribution in [2.24, 2.45) is 0 Å². The molecule has 0 radical (unpaired) electrons. The molecule has 0 aliphatic carbocycles. The van der Waals surface area contributed by atoms with Crippen LogP contribution >= 0.6 is 15.9 Å². The zero-order valence-corrected chi connectivity index (χ0v) is 12.5. The van der Waals surface area contributed by atoms with Gasteiger partial charge in [-0.15, -0.1) is 0 Å². The molecule has 1 aromatic heterocycles. The van der Waals surface area contributed by atoms with Crippen molar-refractivity contribution in [3.8, 4) is 0 Å². The predicted molar refractivity (Wildman–Crippen MR) is 78.6 cm³/mol. The Morgan fingerprint density at radius 3 is 2.76 bits per heavy atom. The van der Waals surface area contributed by atoms with Gasteiger partial charge in [0.15, 0.2) is 0 Å². The van der Waals surface area contributed by atoms with Crippen molar-refractivity contribution in [3.05, 3.63) is 46.5 Å². The first-order chi connectivity index (χ1) is 10.1. The van der Waals surface area contributed by atoms with Gasteiger partial charge in [-0.3, -0.25) is 4.79 Å². The molecule has 106 valence electrons. The summed E-state index contributed by atoms with van der Waals surface area (Å²) < 4.78 is 0.905. The highest BCUT2D eigenvalue weighted by atomic mass is 79.9. The lowest BCUT2D eigenvalue weighted by atomic mass is 10.0. The lowest BCUT2D eigenvalue weighted by Gasteiger charge is -2.25. The van der Waals surface area contributed by atoms with E-state index in [1.807, 2.05) is 12.1 Å². The molecule has 7 heteroatoms. The lowest BCUT2D eigenvalue weighted by molar-refractivity contribution is -0.120. The second-order valence-electron chi connectivity index (χ2n) is 5.11. The van der Waals surface area contributed by atoms with E-state index in [1.165, 1.54) is 4.90 Å². The first-order valence-corrected chi connectivity index (χ1v) is 7.35. The number of amides is 3. The van der Waals surface area contributed by atoms with Crippen molar-refractivity contribution < 1.29 is 9.59 Å². The third-order valence-electron chi connectivity index (χ3n) is 3.93. The van der Waals surface area contributed by atoms with E-state index in [4.69, 9.17) is 0 Å². The van der Waals surface area contributed by atoms with Crippen LogP contribution in [0.25, 0.3) is 0 Å². The molecule has 3 amide bonds. The van der Waals surface area contributed by atoms with Gasteiger partial charge < -0.3 is 9.88 Å². The number of rotatable bonds is 1. The molecule has 1 fully saturated rings. The number of hydrogen-bond donors (Lipinski definition) is 1. The first kappa shape index (κ1) is 12.6. The van der Waals surface area contributed by atoms with Gasteiger partial charge in [0.1, 0.15) is 6.04 Å². The van der Waals surface area contributed by atoms with E-state index in [0.29, 0.717) is 18.7 Å². The van der Waals surface area contributed by atoms with Gasteiger partial charge in [0.2, 0.25) is 0 Å². The maximum Gasteiger partial charge on any atom is 0.332 e. The number of anilines is 1. The van der Waals surface area contributed by atoms with Crippen LogP contribution in [0.3, 0.4) is 0 Å². The summed E-state index contributed by atoms with van der Waals surface area (Å²) in [4.78, 5) is 35.2. The monoisotopic (exact) mass is 346 g/mol. The highest BCUT2D eigenvalue weighted by Gasteiger charge is 2.48. The van der Waals surface area contributed by atoms with Crippen LogP contribution in [0, 0.1) is 0 Å². The Balaban J connectivity index is 1.71. The summed E-state index contributed by atoms with van der Waals surface area (Å²) in [6.07, 6.45) is 2.07. The number of halogens is 1. The summed E-state index contributed by atoms with van der Waals surface area (Å²) in [5, 5.41) is 0. The number of imide groups is 1. The van der Waals surface area contributed by atoms with Crippen LogP contribution < -0.4 is 4.90 Å². The summed E-state index contributed by atoms with van der Waals surface area (Å²) in [5.74, 6) is -0.184. The minimum atomic E-state index is -0.447. The van der Waals surface area contributed by atoms with Gasteiger partial charge in [0.25, 0.3) is 5.91 Å². The van der Waals surface area contributed by atoms with Crippen LogP contribution in [-0.4, -0.2) is 32.8 Å². The van der Waals surface area contributed by atoms with E-state index in [9.17, 15) is 9.59 Å². The fourth-order valence-electron chi connectivity index (χ4n) is 2.86. The molecule has 1 saturated heterocycles. The van der Waals surface area contributed by atoms with Gasteiger partial charge in [0, 0.05) is 10.9 Å². The van der Waals surface area contributed by atoms with E-state index in [0.717, 1.165) is 15.9 Å². The van der Waals surface area contributed by atoms with Crippen molar-refractivity contribution in [3.63, 3.8) is 0 Å². The van der Waals surface area contributed by atoms with Crippen LogP contribution in [0.5, 0.6) is 0 Å². The number of hydrogen-bond acceptors (Lipinski definition) is 3. The average Bonchev–Trinajstić information content (AvgIpc) is 3.03. The van der Waals surface area contributed by atoms with Crippen molar-refractivity contribution in [1.29, 1.82) is 0 Å². The molecule has 1 atom stereocenters. The predicted octanol–water partition coefficient (Wildman–Crippen LogP) is 2.07. The number of carbonyl (C=O) groups is 2. The molecule has 1 unspecified atom stereocenters. The summed E-state index contributed by atoms with van der Waals surface area (Å²) in [6, 6.07) is 6.44. The fraction of sp³-hybridized carbons (Fsp3) is 0.214. The third-order valence-corrected chi connectivity index (χ3v) is 4.45. The second kappa shape index (κ2) is 4.42. The van der Waals surface area contributed by atoms with Crippen LogP contribution in [-0.2, 0) is 17.8 Å². The van der Waals surface area contributed by atoms with E-state index in [-0.39, 0.29) is 11.9 Å². The summed E-state index contributed by atoms with van der Waals surface area (Å²) in [5.41, 5.74) is 2.37. The van der Waals surface area contributed by atoms with Gasteiger partial charge in [0.05, 0.1) is 29.9 Å². The Kier molecular flexibility index (Phi) is 2.65. The third kappa shape index (κ3) is 1.80. The van der Waals surface area contributed by atoms with Gasteiger partial charge >= 0.3 is 6.03 Å². The van der Waals surface area contributed by atoms with Crippen LogP contribution in [0.15, 0.2) is 35.1 Å². The van der Waals surface area contributed by atoms with Crippen molar-refractivity contribution >= 4 is 33.6 Å². The van der Waals surface area contributed by atoms with Gasteiger partial charge in [-0.05, 0) is 24.3 Å². The SMILES string of the molecule is O=C1C2Cc3nc[nH]c3CN2C(=O)N1c1ccc(Br)cc1. The minimum absolute atomic E-state index is 0.184. The largest absolute Gasteiger partial charge is 0.347 e. The number of fused-ring (bicyclic) bond motifs is 2. The molecule has 6 nitrogen and oxygen atoms in total. The average molecular weight is 347 g/mol. The van der Waals surface area contributed by atoms with Crippen molar-refractivity contribution in [2.45, 2.75) is 19.0 Å². The van der Waals surface area contributed by atoms with Gasteiger partial charge in [-0.1, -0.05) is 15.9 Å². The Morgan fingerprint density at radius 1 is 1.24 bits per heavy atom. The molecule has 1 N–H and O–H groups in total. The normalized spacial score (nSPS) is 20.7. The molecule has 0 spiro atoms. The first-order valence-electron chi connectivity index (χ1n) is 6.56. The second-order valence-corrected chi connectivity index (χ2v) is 6.02. The molecular weight excluding hydrogens is 336 g/mol. The number of benzene rings is 1. The number of H-pyrrole nitrogens is 1. The molecule has 4 rings (SSSR count). The number of carbonyl (C=O) groups excluding carboxylic acids is 2. The Bertz CT molecular complexity index is 701. The molecule has 1 aromatic carbocycles. The van der Waals surface area contributed by atoms with Gasteiger partial charge in [-0.2, -0.15) is 0 Å². The Labute approximate surface area is 128 Å². The number of aromatic amines is 1. The number of imidazole rings is 1. The van der Waals surface area contributed by atoms with E-state index >= 15 is 0 Å². The quantitative estimate of drug-likeness (QED) is 0.803. The number of aromatic nitrogens is 2. The van der Waals surface area contributed by atoms with E-state index in [1.54, 1.807) is 23.4 Å². The molecule has 2 aromatic rings. The number of nitrogens with one attached hydrogen (secondary N) is 1. The highest BCUT2D eigenvalue weighted by Crippen LogP contribution is 2.32. The van der Waals surface area contributed by atoms with Crippen LogP contribution in [0.1, 0.15) is 11.4 Å². The summed E-state index contributed by atoms with van der Waals surface area (Å²) in [7, 11) is 0. The molecular formula is C14H11BrN4O2. The highest BCUT2D eigenvalue weighted by molar-refractivity contribution is 9.10. The van der Waals surface area contributed by atoms with Crippen LogP contribution in [0.2, 0.25) is 0 Å². The van der Waals surface area contributed by atoms with Crippen molar-refractivity contribution in [1.82, 2.24) is 14.9 Å². The Morgan fingerprint density at radius 2 is 2.00 bits per heavy atom. The molecule has 0 saturated carbocycles. The topological polar surface area (TPSA) is 69.3 Å². The van der Waals surface area contributed by atoms with Gasteiger partial charge in [-0.25, -0.2) is 14.7 Å². The number of urea groups is 1. The molecule has 2 aliphatic rings. The molecule has 2 aliphatic heterocycles. The molecule has 21 heavy (non-hydrogen) atoms. The fourth-order valence-corrected chi connectivity index (χ4v) is 3.12. The van der Waals surface area contributed by atoms with E-state index < -0.39 is 6.04 Å². The molecule has 0 bridgehead atoms. The smallest absolute Gasteiger partial charge is 0.332 e. The molecule has 3 heterocycles. The lowest BCUT2D eigenvalue weighted by Crippen LogP contribution is -2.40. The maximum atomic E-state index is 12.6. The summed E-state index contributed by atoms with van der Waals surface area (Å²) in [6.45, 7) is 0.400. The zero-order valence-electron chi connectivity index (χ0n) is 10.9. The summed E-state index contributed by atoms with van der Waals surface area (Å²) >= 11 is 3.35. The maximum absolute atomic E-state index is 12.6. The minimum Gasteiger partial charge on any atom is -0.347 e. The standard InChI is InChI=1S/C14H11BrN4O2/c15-8-1-3-9(4-2-8)19-13(20)12-5-10-11(17-7-16-10)6-18(12)14(19)21/h1-4,7,12H,5-6H2,(H,16,17).